The molecule has 0 aliphatic heterocycles. The molecule has 96 valence electrons. The lowest BCUT2D eigenvalue weighted by Gasteiger charge is -2.12. The molecule has 0 bridgehead atoms. The third kappa shape index (κ3) is 3.54. The van der Waals surface area contributed by atoms with E-state index < -0.39 is 16.4 Å². The van der Waals surface area contributed by atoms with Gasteiger partial charge in [-0.1, -0.05) is 31.4 Å². The highest BCUT2D eigenvalue weighted by Gasteiger charge is 2.17. The quantitative estimate of drug-likeness (QED) is 0.479. The highest BCUT2D eigenvalue weighted by atomic mass is 19.1. The number of halogens is 1. The number of nitrogens with one attached hydrogen (secondary N) is 1. The van der Waals surface area contributed by atoms with Gasteiger partial charge < -0.3 is 0 Å². The Labute approximate surface area is 105 Å². The maximum absolute atomic E-state index is 13.7. The van der Waals surface area contributed by atoms with Crippen molar-refractivity contribution in [1.29, 1.82) is 0 Å². The summed E-state index contributed by atoms with van der Waals surface area (Å²) in [5, 5.41) is 13.6. The summed E-state index contributed by atoms with van der Waals surface area (Å²) in [6.45, 7) is 2.18. The first-order chi connectivity index (χ1) is 8.60. The average molecular weight is 250 g/mol. The summed E-state index contributed by atoms with van der Waals surface area (Å²) < 4.78 is 13.7. The van der Waals surface area contributed by atoms with Crippen LogP contribution in [-0.4, -0.2) is 11.0 Å². The standard InChI is InChI=1S/C13H15FN2O2/c1-3-6-11(4-2)15-9-10-7-5-8-12(13(10)14)16(17)18/h2,5,7-8,11,15H,3,6,9H2,1H3. The molecule has 1 atom stereocenters. The number of rotatable bonds is 6. The van der Waals surface area contributed by atoms with Gasteiger partial charge in [0.1, 0.15) is 0 Å². The van der Waals surface area contributed by atoms with Gasteiger partial charge in [0.25, 0.3) is 0 Å². The van der Waals surface area contributed by atoms with E-state index in [4.69, 9.17) is 6.42 Å². The molecule has 5 heteroatoms. The van der Waals surface area contributed by atoms with Crippen LogP contribution in [0.1, 0.15) is 25.3 Å². The van der Waals surface area contributed by atoms with E-state index in [0.717, 1.165) is 18.9 Å². The summed E-state index contributed by atoms with van der Waals surface area (Å²) in [7, 11) is 0. The second-order valence-corrected chi connectivity index (χ2v) is 3.90. The number of hydrogen-bond donors (Lipinski definition) is 1. The van der Waals surface area contributed by atoms with Gasteiger partial charge in [0.2, 0.25) is 5.82 Å². The van der Waals surface area contributed by atoms with Crippen molar-refractivity contribution < 1.29 is 9.31 Å². The van der Waals surface area contributed by atoms with Crippen LogP contribution in [0.3, 0.4) is 0 Å². The molecule has 0 amide bonds. The minimum atomic E-state index is -0.803. The van der Waals surface area contributed by atoms with E-state index in [0.29, 0.717) is 0 Å². The highest BCUT2D eigenvalue weighted by Crippen LogP contribution is 2.20. The van der Waals surface area contributed by atoms with E-state index in [1.54, 1.807) is 0 Å². The van der Waals surface area contributed by atoms with Gasteiger partial charge in [-0.05, 0) is 6.42 Å². The molecule has 1 aromatic carbocycles. The Morgan fingerprint density at radius 1 is 1.61 bits per heavy atom. The van der Waals surface area contributed by atoms with E-state index in [1.165, 1.54) is 12.1 Å². The van der Waals surface area contributed by atoms with Crippen LogP contribution in [0.2, 0.25) is 0 Å². The smallest absolute Gasteiger partial charge is 0.299 e. The minimum absolute atomic E-state index is 0.145. The largest absolute Gasteiger partial charge is 0.305 e. The second kappa shape index (κ2) is 6.72. The van der Waals surface area contributed by atoms with Crippen molar-refractivity contribution in [2.45, 2.75) is 32.4 Å². The molecule has 0 aromatic heterocycles. The summed E-state index contributed by atoms with van der Waals surface area (Å²) in [5.74, 6) is 1.76. The first kappa shape index (κ1) is 14.1. The molecule has 0 fully saturated rings. The monoisotopic (exact) mass is 250 g/mol. The second-order valence-electron chi connectivity index (χ2n) is 3.90. The Morgan fingerprint density at radius 2 is 2.33 bits per heavy atom. The fourth-order valence-electron chi connectivity index (χ4n) is 1.61. The van der Waals surface area contributed by atoms with Gasteiger partial charge in [0, 0.05) is 18.2 Å². The molecule has 0 saturated heterocycles. The molecule has 4 nitrogen and oxygen atoms in total. The van der Waals surface area contributed by atoms with Gasteiger partial charge in [0.05, 0.1) is 11.0 Å². The van der Waals surface area contributed by atoms with Crippen molar-refractivity contribution in [1.82, 2.24) is 5.32 Å². The first-order valence-electron chi connectivity index (χ1n) is 5.71. The molecule has 0 heterocycles. The normalized spacial score (nSPS) is 11.8. The zero-order valence-corrected chi connectivity index (χ0v) is 10.1. The lowest BCUT2D eigenvalue weighted by Crippen LogP contribution is -2.27. The topological polar surface area (TPSA) is 55.2 Å². The molecule has 0 aliphatic carbocycles. The summed E-state index contributed by atoms with van der Waals surface area (Å²) in [6.07, 6.45) is 7.03. The van der Waals surface area contributed by atoms with Gasteiger partial charge in [-0.2, -0.15) is 4.39 Å². The number of nitro benzene ring substituents is 1. The third-order valence-corrected chi connectivity index (χ3v) is 2.57. The molecular formula is C13H15FN2O2. The molecule has 0 radical (unpaired) electrons. The Morgan fingerprint density at radius 3 is 2.89 bits per heavy atom. The number of terminal acetylenes is 1. The van der Waals surface area contributed by atoms with Gasteiger partial charge >= 0.3 is 5.69 Å². The zero-order valence-electron chi connectivity index (χ0n) is 10.1. The van der Waals surface area contributed by atoms with Crippen molar-refractivity contribution in [3.63, 3.8) is 0 Å². The lowest BCUT2D eigenvalue weighted by atomic mass is 10.1. The number of benzene rings is 1. The molecule has 18 heavy (non-hydrogen) atoms. The first-order valence-corrected chi connectivity index (χ1v) is 5.71. The van der Waals surface area contributed by atoms with E-state index in [9.17, 15) is 14.5 Å². The van der Waals surface area contributed by atoms with Crippen LogP contribution in [0.4, 0.5) is 10.1 Å². The van der Waals surface area contributed by atoms with Gasteiger partial charge in [-0.15, -0.1) is 6.42 Å². The Balaban J connectivity index is 2.77. The summed E-state index contributed by atoms with van der Waals surface area (Å²) in [5.41, 5.74) is -0.261. The molecule has 1 N–H and O–H groups in total. The molecule has 1 aromatic rings. The average Bonchev–Trinajstić information content (AvgIpc) is 2.35. The predicted molar refractivity (Wildman–Crippen MR) is 67.4 cm³/mol. The predicted octanol–water partition coefficient (Wildman–Crippen LogP) is 2.63. The summed E-state index contributed by atoms with van der Waals surface area (Å²) in [4.78, 5) is 9.85. The highest BCUT2D eigenvalue weighted by molar-refractivity contribution is 5.36. The Hall–Kier alpha value is -1.93. The molecular weight excluding hydrogens is 235 g/mol. The van der Waals surface area contributed by atoms with Crippen molar-refractivity contribution in [3.05, 3.63) is 39.7 Å². The van der Waals surface area contributed by atoms with Gasteiger partial charge in [0.15, 0.2) is 0 Å². The fourth-order valence-corrected chi connectivity index (χ4v) is 1.61. The minimum Gasteiger partial charge on any atom is -0.299 e. The number of nitrogens with zero attached hydrogens (tertiary/aromatic N) is 1. The lowest BCUT2D eigenvalue weighted by molar-refractivity contribution is -0.387. The van der Waals surface area contributed by atoms with Crippen LogP contribution in [0.25, 0.3) is 0 Å². The van der Waals surface area contributed by atoms with Crippen LogP contribution in [0, 0.1) is 28.3 Å². The summed E-state index contributed by atoms with van der Waals surface area (Å²) >= 11 is 0. The number of hydrogen-bond acceptors (Lipinski definition) is 3. The molecule has 1 unspecified atom stereocenters. The van der Waals surface area contributed by atoms with Crippen LogP contribution in [0.15, 0.2) is 18.2 Å². The van der Waals surface area contributed by atoms with Gasteiger partial charge in [-0.25, -0.2) is 0 Å². The Bertz CT molecular complexity index is 469. The third-order valence-electron chi connectivity index (χ3n) is 2.57. The van der Waals surface area contributed by atoms with E-state index in [1.807, 2.05) is 6.92 Å². The van der Waals surface area contributed by atoms with E-state index in [-0.39, 0.29) is 18.2 Å². The van der Waals surface area contributed by atoms with Crippen LogP contribution < -0.4 is 5.32 Å². The Kier molecular flexibility index (Phi) is 5.28. The van der Waals surface area contributed by atoms with Crippen LogP contribution >= 0.6 is 0 Å². The van der Waals surface area contributed by atoms with E-state index >= 15 is 0 Å². The van der Waals surface area contributed by atoms with Crippen molar-refractivity contribution in [2.24, 2.45) is 0 Å². The fraction of sp³-hybridized carbons (Fsp3) is 0.385. The van der Waals surface area contributed by atoms with Crippen molar-refractivity contribution in [2.75, 3.05) is 0 Å². The van der Waals surface area contributed by atoms with Crippen molar-refractivity contribution >= 4 is 5.69 Å². The summed E-state index contributed by atoms with van der Waals surface area (Å²) in [6, 6.07) is 3.97. The molecule has 1 rings (SSSR count). The van der Waals surface area contributed by atoms with Crippen LogP contribution in [-0.2, 0) is 6.54 Å². The zero-order chi connectivity index (χ0) is 13.5. The molecule has 0 spiro atoms. The molecule has 0 aliphatic rings. The van der Waals surface area contributed by atoms with E-state index in [2.05, 4.69) is 11.2 Å². The van der Waals surface area contributed by atoms with Crippen molar-refractivity contribution in [3.8, 4) is 12.3 Å². The maximum Gasteiger partial charge on any atom is 0.305 e. The molecule has 0 saturated carbocycles. The van der Waals surface area contributed by atoms with Crippen LogP contribution in [0.5, 0.6) is 0 Å². The van der Waals surface area contributed by atoms with Gasteiger partial charge in [-0.3, -0.25) is 15.4 Å². The SMILES string of the molecule is C#CC(CCC)NCc1cccc([N+](=O)[O-])c1F. The number of nitro groups is 1. The maximum atomic E-state index is 13.7.